The number of carbonyl (C=O) groups excluding carboxylic acids is 3. The number of carbonyl (C=O) groups is 3. The molecule has 1 saturated heterocycles. The van der Waals surface area contributed by atoms with Gasteiger partial charge in [0.15, 0.2) is 0 Å². The normalized spacial score (nSPS) is 13.3. The molecule has 0 atom stereocenters. The second-order valence-corrected chi connectivity index (χ2v) is 11.9. The topological polar surface area (TPSA) is 113 Å². The molecule has 2 heterocycles. The number of nitrogens with zero attached hydrogens (tertiary/aromatic N) is 2. The highest BCUT2D eigenvalue weighted by Gasteiger charge is 2.23. The lowest BCUT2D eigenvalue weighted by atomic mass is 10.1. The maximum atomic E-state index is 13.5. The zero-order chi connectivity index (χ0) is 31.4. The van der Waals surface area contributed by atoms with Crippen LogP contribution in [0.2, 0.25) is 5.02 Å². The summed E-state index contributed by atoms with van der Waals surface area (Å²) in [4.78, 5) is 41.5. The summed E-state index contributed by atoms with van der Waals surface area (Å²) in [6.07, 6.45) is 2.22. The van der Waals surface area contributed by atoms with Crippen LogP contribution in [0.4, 0.5) is 5.69 Å². The Bertz CT molecular complexity index is 1710. The predicted octanol–water partition coefficient (Wildman–Crippen LogP) is 6.18. The number of fused-ring (bicyclic) bond motifs is 1. The molecule has 0 saturated carbocycles. The molecule has 2 N–H and O–H groups in total. The molecule has 1 aliphatic rings. The van der Waals surface area contributed by atoms with E-state index in [-0.39, 0.29) is 25.5 Å². The molecule has 0 bridgehead atoms. The number of benzene rings is 3. The fourth-order valence-electron chi connectivity index (χ4n) is 5.47. The molecule has 230 valence electrons. The zero-order valence-corrected chi connectivity index (χ0v) is 26.9. The second-order valence-electron chi connectivity index (χ2n) is 10.6. The minimum Gasteiger partial charge on any atom is -0.497 e. The van der Waals surface area contributed by atoms with Gasteiger partial charge in [-0.15, -0.1) is 0 Å². The van der Waals surface area contributed by atoms with Crippen LogP contribution in [-0.2, 0) is 27.2 Å². The fraction of sp³-hybridized carbons (Fsp3) is 0.303. The van der Waals surface area contributed by atoms with E-state index in [1.807, 2.05) is 0 Å². The van der Waals surface area contributed by atoms with Crippen LogP contribution in [0.15, 0.2) is 59.1 Å². The van der Waals surface area contributed by atoms with E-state index in [1.54, 1.807) is 73.2 Å². The molecular formula is C33H33BrClN3O6. The highest BCUT2D eigenvalue weighted by atomic mass is 79.9. The summed E-state index contributed by atoms with van der Waals surface area (Å²) in [6.45, 7) is 4.22. The van der Waals surface area contributed by atoms with Gasteiger partial charge in [0.25, 0.3) is 5.91 Å². The first-order valence-electron chi connectivity index (χ1n) is 14.3. The number of hydrogen-bond donors (Lipinski definition) is 1. The van der Waals surface area contributed by atoms with Crippen molar-refractivity contribution in [2.24, 2.45) is 0 Å². The van der Waals surface area contributed by atoms with Crippen LogP contribution in [0.25, 0.3) is 10.9 Å². The Hall–Kier alpha value is -3.86. The third-order valence-electron chi connectivity index (χ3n) is 7.78. The van der Waals surface area contributed by atoms with Crippen molar-refractivity contribution in [2.45, 2.75) is 32.7 Å². The number of aromatic nitrogens is 1. The van der Waals surface area contributed by atoms with Crippen LogP contribution in [0, 0.1) is 6.92 Å². The van der Waals surface area contributed by atoms with Crippen LogP contribution < -0.4 is 10.5 Å². The second kappa shape index (κ2) is 13.8. The van der Waals surface area contributed by atoms with E-state index in [1.165, 1.54) is 0 Å². The summed E-state index contributed by atoms with van der Waals surface area (Å²) < 4.78 is 18.4. The van der Waals surface area contributed by atoms with Gasteiger partial charge in [-0.25, -0.2) is 4.79 Å². The highest BCUT2D eigenvalue weighted by Crippen LogP contribution is 2.31. The van der Waals surface area contributed by atoms with Gasteiger partial charge in [0.2, 0.25) is 0 Å². The van der Waals surface area contributed by atoms with Crippen molar-refractivity contribution in [3.8, 4) is 5.75 Å². The Kier molecular flexibility index (Phi) is 9.93. The van der Waals surface area contributed by atoms with Crippen molar-refractivity contribution >= 4 is 62.0 Å². The molecule has 0 radical (unpaired) electrons. The van der Waals surface area contributed by atoms with Gasteiger partial charge in [-0.1, -0.05) is 11.6 Å². The van der Waals surface area contributed by atoms with Crippen molar-refractivity contribution < 1.29 is 28.6 Å². The van der Waals surface area contributed by atoms with Crippen molar-refractivity contribution in [3.63, 3.8) is 0 Å². The number of esters is 2. The average molecular weight is 683 g/mol. The van der Waals surface area contributed by atoms with Crippen LogP contribution in [0.5, 0.6) is 5.75 Å². The van der Waals surface area contributed by atoms with Gasteiger partial charge in [0.1, 0.15) is 19.0 Å². The molecular weight excluding hydrogens is 650 g/mol. The minimum atomic E-state index is -0.531. The summed E-state index contributed by atoms with van der Waals surface area (Å²) in [5, 5.41) is 1.23. The Morgan fingerprint density at radius 2 is 1.66 bits per heavy atom. The average Bonchev–Trinajstić information content (AvgIpc) is 3.62. The number of likely N-dealkylation sites (tertiary alicyclic amines) is 1. The third-order valence-corrected chi connectivity index (χ3v) is 8.69. The van der Waals surface area contributed by atoms with Crippen molar-refractivity contribution in [3.05, 3.63) is 92.0 Å². The lowest BCUT2D eigenvalue weighted by molar-refractivity contribution is -0.143. The smallest absolute Gasteiger partial charge is 0.338 e. The van der Waals surface area contributed by atoms with E-state index >= 15 is 0 Å². The number of nitrogens with two attached hydrogens (primary N) is 1. The molecule has 0 unspecified atom stereocenters. The molecule has 11 heteroatoms. The molecule has 5 rings (SSSR count). The monoisotopic (exact) mass is 681 g/mol. The molecule has 1 aliphatic heterocycles. The summed E-state index contributed by atoms with van der Waals surface area (Å²) >= 11 is 9.46. The maximum Gasteiger partial charge on any atom is 0.338 e. The number of hydrogen-bond acceptors (Lipinski definition) is 8. The number of anilines is 1. The van der Waals surface area contributed by atoms with Gasteiger partial charge in [-0.3, -0.25) is 19.1 Å². The number of methoxy groups -OCH3 is 1. The van der Waals surface area contributed by atoms with E-state index in [2.05, 4.69) is 20.8 Å². The lowest BCUT2D eigenvalue weighted by Gasteiger charge is -2.17. The van der Waals surface area contributed by atoms with E-state index in [4.69, 9.17) is 31.5 Å². The molecule has 3 aromatic carbocycles. The molecule has 0 amide bonds. The van der Waals surface area contributed by atoms with Crippen LogP contribution >= 0.6 is 27.5 Å². The third kappa shape index (κ3) is 6.93. The molecule has 9 nitrogen and oxygen atoms in total. The quantitative estimate of drug-likeness (QED) is 0.120. The Morgan fingerprint density at radius 1 is 0.955 bits per heavy atom. The zero-order valence-electron chi connectivity index (χ0n) is 24.5. The van der Waals surface area contributed by atoms with Gasteiger partial charge in [-0.05, 0) is 115 Å². The highest BCUT2D eigenvalue weighted by molar-refractivity contribution is 9.10. The molecule has 1 fully saturated rings. The molecule has 1 aromatic heterocycles. The maximum absolute atomic E-state index is 13.5. The Labute approximate surface area is 268 Å². The number of rotatable bonds is 10. The number of halogens is 2. The van der Waals surface area contributed by atoms with Crippen molar-refractivity contribution in [1.82, 2.24) is 9.47 Å². The van der Waals surface area contributed by atoms with Crippen molar-refractivity contribution in [2.75, 3.05) is 39.1 Å². The van der Waals surface area contributed by atoms with Crippen LogP contribution in [0.3, 0.4) is 0 Å². The SMILES string of the molecule is COc1ccc2c(c1)c(CC(=O)OCCOC(=O)c1cc(Br)c(N)c(CN3CCCC3)c1)c(C)n2C(=O)c1ccc(Cl)cc1. The van der Waals surface area contributed by atoms with Crippen LogP contribution in [0.1, 0.15) is 50.4 Å². The molecule has 0 spiro atoms. The van der Waals surface area contributed by atoms with Gasteiger partial charge in [0, 0.05) is 32.7 Å². The van der Waals surface area contributed by atoms with Gasteiger partial charge >= 0.3 is 11.9 Å². The summed E-state index contributed by atoms with van der Waals surface area (Å²) in [5.41, 5.74) is 10.4. The molecule has 0 aliphatic carbocycles. The summed E-state index contributed by atoms with van der Waals surface area (Å²) in [6, 6.07) is 15.4. The van der Waals surface area contributed by atoms with Gasteiger partial charge in [0.05, 0.1) is 30.3 Å². The van der Waals surface area contributed by atoms with Crippen molar-refractivity contribution in [1.29, 1.82) is 0 Å². The Balaban J connectivity index is 1.24. The summed E-state index contributed by atoms with van der Waals surface area (Å²) in [7, 11) is 1.55. The largest absolute Gasteiger partial charge is 0.497 e. The van der Waals surface area contributed by atoms with E-state index in [0.29, 0.717) is 60.8 Å². The van der Waals surface area contributed by atoms with E-state index in [0.717, 1.165) is 31.5 Å². The van der Waals surface area contributed by atoms with Crippen LogP contribution in [-0.4, -0.2) is 60.7 Å². The standard InChI is InChI=1S/C33H33BrClN3O6/c1-20-26(27-17-25(42-2)9-10-29(27)38(20)32(40)21-5-7-24(35)8-6-21)18-30(39)43-13-14-44-33(41)22-15-23(31(36)28(34)16-22)19-37-11-3-4-12-37/h5-10,15-17H,3-4,11-14,18-19,36H2,1-2H3. The number of nitrogen functional groups attached to an aromatic ring is 1. The first-order valence-corrected chi connectivity index (χ1v) is 15.4. The molecule has 4 aromatic rings. The Morgan fingerprint density at radius 3 is 2.36 bits per heavy atom. The number of ether oxygens (including phenoxy) is 3. The van der Waals surface area contributed by atoms with E-state index in [9.17, 15) is 14.4 Å². The first-order chi connectivity index (χ1) is 21.2. The first kappa shape index (κ1) is 31.6. The van der Waals surface area contributed by atoms with E-state index < -0.39 is 11.9 Å². The summed E-state index contributed by atoms with van der Waals surface area (Å²) in [5.74, 6) is -0.712. The minimum absolute atomic E-state index is 0.0882. The van der Waals surface area contributed by atoms with Gasteiger partial charge < -0.3 is 19.9 Å². The fourth-order valence-corrected chi connectivity index (χ4v) is 6.10. The van der Waals surface area contributed by atoms with Gasteiger partial charge in [-0.2, -0.15) is 0 Å². The molecule has 44 heavy (non-hydrogen) atoms. The predicted molar refractivity (Wildman–Crippen MR) is 172 cm³/mol. The lowest BCUT2D eigenvalue weighted by Crippen LogP contribution is -2.20.